The normalized spacial score (nSPS) is 12.3. The highest BCUT2D eigenvalue weighted by Gasteiger charge is 2.11. The van der Waals surface area contributed by atoms with Gasteiger partial charge in [0, 0.05) is 22.4 Å². The van der Waals surface area contributed by atoms with Crippen molar-refractivity contribution in [3.8, 4) is 0 Å². The Labute approximate surface area is 133 Å². The van der Waals surface area contributed by atoms with Crippen LogP contribution in [0.1, 0.15) is 24.6 Å². The Kier molecular flexibility index (Phi) is 6.33. The molecule has 2 nitrogen and oxygen atoms in total. The van der Waals surface area contributed by atoms with E-state index in [2.05, 4.69) is 39.2 Å². The summed E-state index contributed by atoms with van der Waals surface area (Å²) in [6.07, 6.45) is 4.65. The molecule has 0 aliphatic carbocycles. The average molecular weight is 351 g/mol. The second kappa shape index (κ2) is 8.25. The van der Waals surface area contributed by atoms with Gasteiger partial charge in [-0.05, 0) is 55.6 Å². The van der Waals surface area contributed by atoms with Gasteiger partial charge in [0.15, 0.2) is 0 Å². The zero-order valence-corrected chi connectivity index (χ0v) is 13.7. The maximum atomic E-state index is 13.1. The van der Waals surface area contributed by atoms with E-state index < -0.39 is 0 Å². The molecule has 0 aliphatic heterocycles. The van der Waals surface area contributed by atoms with Crippen LogP contribution in [0.4, 0.5) is 4.39 Å². The van der Waals surface area contributed by atoms with Crippen LogP contribution in [0.5, 0.6) is 0 Å². The fourth-order valence-electron chi connectivity index (χ4n) is 2.39. The third-order valence-corrected chi connectivity index (χ3v) is 4.19. The molecule has 1 N–H and O–H groups in total. The number of hydrogen-bond acceptors (Lipinski definition) is 2. The lowest BCUT2D eigenvalue weighted by molar-refractivity contribution is 0.488. The van der Waals surface area contributed by atoms with Gasteiger partial charge in [-0.3, -0.25) is 4.98 Å². The standard InChI is InChI=1S/C17H20BrFN2/c1-2-20-16(9-8-15-5-3-4-10-21-15)11-13-6-7-14(19)12-17(13)18/h3-7,10,12,16,20H,2,8-9,11H2,1H3. The molecular formula is C17H20BrFN2. The Morgan fingerprint density at radius 2 is 2.14 bits per heavy atom. The quantitative estimate of drug-likeness (QED) is 0.811. The minimum atomic E-state index is -0.209. The lowest BCUT2D eigenvalue weighted by Gasteiger charge is -2.18. The highest BCUT2D eigenvalue weighted by atomic mass is 79.9. The lowest BCUT2D eigenvalue weighted by Crippen LogP contribution is -2.31. The fourth-order valence-corrected chi connectivity index (χ4v) is 2.90. The minimum absolute atomic E-state index is 0.209. The highest BCUT2D eigenvalue weighted by Crippen LogP contribution is 2.20. The van der Waals surface area contributed by atoms with E-state index in [-0.39, 0.29) is 5.82 Å². The summed E-state index contributed by atoms with van der Waals surface area (Å²) in [6.45, 7) is 3.03. The maximum absolute atomic E-state index is 13.1. The van der Waals surface area contributed by atoms with Gasteiger partial charge >= 0.3 is 0 Å². The predicted octanol–water partition coefficient (Wildman–Crippen LogP) is 4.14. The SMILES string of the molecule is CCNC(CCc1ccccn1)Cc1ccc(F)cc1Br. The third kappa shape index (κ3) is 5.21. The van der Waals surface area contributed by atoms with Crippen molar-refractivity contribution in [1.29, 1.82) is 0 Å². The number of halogens is 2. The molecular weight excluding hydrogens is 331 g/mol. The molecule has 4 heteroatoms. The fraction of sp³-hybridized carbons (Fsp3) is 0.353. The minimum Gasteiger partial charge on any atom is -0.314 e. The molecule has 0 bridgehead atoms. The molecule has 21 heavy (non-hydrogen) atoms. The number of pyridine rings is 1. The van der Waals surface area contributed by atoms with E-state index in [1.165, 1.54) is 12.1 Å². The van der Waals surface area contributed by atoms with Crippen molar-refractivity contribution in [2.24, 2.45) is 0 Å². The average Bonchev–Trinajstić information content (AvgIpc) is 2.49. The summed E-state index contributed by atoms with van der Waals surface area (Å²) in [4.78, 5) is 4.36. The van der Waals surface area contributed by atoms with E-state index in [9.17, 15) is 4.39 Å². The van der Waals surface area contributed by atoms with Crippen LogP contribution in [-0.2, 0) is 12.8 Å². The maximum Gasteiger partial charge on any atom is 0.124 e. The molecule has 112 valence electrons. The number of nitrogens with one attached hydrogen (secondary N) is 1. The summed E-state index contributed by atoms with van der Waals surface area (Å²) in [5.41, 5.74) is 2.24. The van der Waals surface area contributed by atoms with Gasteiger partial charge < -0.3 is 5.32 Å². The Morgan fingerprint density at radius 3 is 2.81 bits per heavy atom. The molecule has 1 aromatic heterocycles. The zero-order valence-electron chi connectivity index (χ0n) is 12.2. The first-order chi connectivity index (χ1) is 10.2. The van der Waals surface area contributed by atoms with Crippen LogP contribution in [0, 0.1) is 5.82 Å². The largest absolute Gasteiger partial charge is 0.314 e. The van der Waals surface area contributed by atoms with Crippen molar-refractivity contribution in [2.45, 2.75) is 32.2 Å². The molecule has 1 unspecified atom stereocenters. The summed E-state index contributed by atoms with van der Waals surface area (Å²) in [5.74, 6) is -0.209. The van der Waals surface area contributed by atoms with Crippen LogP contribution in [0.25, 0.3) is 0 Å². The van der Waals surface area contributed by atoms with Crippen LogP contribution in [0.15, 0.2) is 47.1 Å². The van der Waals surface area contributed by atoms with Crippen LogP contribution in [-0.4, -0.2) is 17.6 Å². The van der Waals surface area contributed by atoms with Crippen molar-refractivity contribution in [3.63, 3.8) is 0 Å². The first kappa shape index (κ1) is 16.1. The van der Waals surface area contributed by atoms with Gasteiger partial charge in [0.1, 0.15) is 5.82 Å². The van der Waals surface area contributed by atoms with Crippen molar-refractivity contribution in [3.05, 3.63) is 64.1 Å². The van der Waals surface area contributed by atoms with Crippen LogP contribution >= 0.6 is 15.9 Å². The lowest BCUT2D eigenvalue weighted by atomic mass is 10.0. The second-order valence-electron chi connectivity index (χ2n) is 5.05. The molecule has 0 aliphatic rings. The van der Waals surface area contributed by atoms with Gasteiger partial charge in [-0.15, -0.1) is 0 Å². The van der Waals surface area contributed by atoms with Crippen molar-refractivity contribution in [1.82, 2.24) is 10.3 Å². The molecule has 2 rings (SSSR count). The Balaban J connectivity index is 1.98. The molecule has 0 amide bonds. The summed E-state index contributed by atoms with van der Waals surface area (Å²) >= 11 is 3.44. The van der Waals surface area contributed by atoms with Gasteiger partial charge in [0.05, 0.1) is 0 Å². The van der Waals surface area contributed by atoms with Crippen LogP contribution in [0.3, 0.4) is 0 Å². The van der Waals surface area contributed by atoms with Crippen LogP contribution < -0.4 is 5.32 Å². The van der Waals surface area contributed by atoms with E-state index in [1.807, 2.05) is 24.4 Å². The second-order valence-corrected chi connectivity index (χ2v) is 5.91. The van der Waals surface area contributed by atoms with Gasteiger partial charge in [0.25, 0.3) is 0 Å². The number of aromatic nitrogens is 1. The third-order valence-electron chi connectivity index (χ3n) is 3.45. The van der Waals surface area contributed by atoms with E-state index >= 15 is 0 Å². The molecule has 0 radical (unpaired) electrons. The van der Waals surface area contributed by atoms with Crippen molar-refractivity contribution < 1.29 is 4.39 Å². The number of hydrogen-bond donors (Lipinski definition) is 1. The van der Waals surface area contributed by atoms with Gasteiger partial charge in [-0.25, -0.2) is 4.39 Å². The molecule has 2 aromatic rings. The summed E-state index contributed by atoms with van der Waals surface area (Å²) in [7, 11) is 0. The smallest absolute Gasteiger partial charge is 0.124 e. The Hall–Kier alpha value is -1.26. The van der Waals surface area contributed by atoms with Gasteiger partial charge in [-0.2, -0.15) is 0 Å². The van der Waals surface area contributed by atoms with Gasteiger partial charge in [-0.1, -0.05) is 35.0 Å². The number of rotatable bonds is 7. The number of aryl methyl sites for hydroxylation is 1. The zero-order chi connectivity index (χ0) is 15.1. The summed E-state index contributed by atoms with van der Waals surface area (Å²) < 4.78 is 14.0. The van der Waals surface area contributed by atoms with Gasteiger partial charge in [0.2, 0.25) is 0 Å². The first-order valence-corrected chi connectivity index (χ1v) is 8.05. The highest BCUT2D eigenvalue weighted by molar-refractivity contribution is 9.10. The topological polar surface area (TPSA) is 24.9 Å². The predicted molar refractivity (Wildman–Crippen MR) is 87.8 cm³/mol. The molecule has 1 heterocycles. The molecule has 0 saturated heterocycles. The van der Waals surface area contributed by atoms with E-state index in [4.69, 9.17) is 0 Å². The Morgan fingerprint density at radius 1 is 1.29 bits per heavy atom. The number of nitrogens with zero attached hydrogens (tertiary/aromatic N) is 1. The summed E-state index contributed by atoms with van der Waals surface area (Å²) in [6, 6.07) is 11.3. The molecule has 1 atom stereocenters. The number of likely N-dealkylation sites (N-methyl/N-ethyl adjacent to an activating group) is 1. The summed E-state index contributed by atoms with van der Waals surface area (Å²) in [5, 5.41) is 3.50. The molecule has 1 aromatic carbocycles. The molecule has 0 fully saturated rings. The van der Waals surface area contributed by atoms with E-state index in [1.54, 1.807) is 0 Å². The first-order valence-electron chi connectivity index (χ1n) is 7.26. The monoisotopic (exact) mass is 350 g/mol. The van der Waals surface area contributed by atoms with Crippen molar-refractivity contribution >= 4 is 15.9 Å². The van der Waals surface area contributed by atoms with Crippen LogP contribution in [0.2, 0.25) is 0 Å². The molecule has 0 spiro atoms. The number of benzene rings is 1. The van der Waals surface area contributed by atoms with E-state index in [0.29, 0.717) is 6.04 Å². The van der Waals surface area contributed by atoms with Crippen molar-refractivity contribution in [2.75, 3.05) is 6.54 Å². The molecule has 0 saturated carbocycles. The Bertz CT molecular complexity index is 560. The van der Waals surface area contributed by atoms with E-state index in [0.717, 1.165) is 41.5 Å².